The van der Waals surface area contributed by atoms with Crippen LogP contribution >= 0.6 is 0 Å². The standard InChI is InChI=1S/C33H38N4/c1-23-6-7-30(16-24(23)2)32-19-28(8-10-34-32)21-36-12-14-37(15-13-36)22-29-9-11-35-33(20-29)31-17-25(3)27(5)26(4)18-31/h6-11,16-20H,12-15,21-22H2,1-5H3. The van der Waals surface area contributed by atoms with Gasteiger partial charge >= 0.3 is 0 Å². The van der Waals surface area contributed by atoms with Gasteiger partial charge < -0.3 is 0 Å². The number of pyridine rings is 2. The SMILES string of the molecule is Cc1ccc(-c2cc(CN3CCN(Cc4ccnc(-c5cc(C)c(C)c(C)c5)c4)CC3)ccn2)cc1C. The molecule has 2 aromatic heterocycles. The number of benzene rings is 2. The van der Waals surface area contributed by atoms with Gasteiger partial charge in [-0.2, -0.15) is 0 Å². The fraction of sp³-hybridized carbons (Fsp3) is 0.333. The summed E-state index contributed by atoms with van der Waals surface area (Å²) in [7, 11) is 0. The van der Waals surface area contributed by atoms with Gasteiger partial charge in [0, 0.05) is 62.8 Å². The second-order valence-electron chi connectivity index (χ2n) is 10.7. The second kappa shape index (κ2) is 11.0. The van der Waals surface area contributed by atoms with Crippen LogP contribution in [-0.2, 0) is 13.1 Å². The average molecular weight is 491 g/mol. The molecule has 4 aromatic rings. The van der Waals surface area contributed by atoms with Crippen LogP contribution in [-0.4, -0.2) is 45.9 Å². The van der Waals surface area contributed by atoms with Gasteiger partial charge in [0.15, 0.2) is 0 Å². The largest absolute Gasteiger partial charge is 0.297 e. The summed E-state index contributed by atoms with van der Waals surface area (Å²) in [5.74, 6) is 0. The first-order valence-electron chi connectivity index (χ1n) is 13.4. The van der Waals surface area contributed by atoms with Crippen LogP contribution < -0.4 is 0 Å². The van der Waals surface area contributed by atoms with Crippen LogP contribution in [0.25, 0.3) is 22.5 Å². The van der Waals surface area contributed by atoms with Crippen LogP contribution in [0.15, 0.2) is 67.0 Å². The molecule has 3 heterocycles. The van der Waals surface area contributed by atoms with Crippen LogP contribution in [0.5, 0.6) is 0 Å². The zero-order valence-corrected chi connectivity index (χ0v) is 22.9. The molecule has 0 aliphatic carbocycles. The van der Waals surface area contributed by atoms with Gasteiger partial charge in [-0.15, -0.1) is 0 Å². The molecular weight excluding hydrogens is 452 g/mol. The first-order valence-corrected chi connectivity index (χ1v) is 13.4. The van der Waals surface area contributed by atoms with E-state index in [1.807, 2.05) is 12.4 Å². The summed E-state index contributed by atoms with van der Waals surface area (Å²) in [6.07, 6.45) is 3.91. The van der Waals surface area contributed by atoms with E-state index >= 15 is 0 Å². The van der Waals surface area contributed by atoms with E-state index in [4.69, 9.17) is 0 Å². The number of hydrogen-bond acceptors (Lipinski definition) is 4. The Morgan fingerprint density at radius 2 is 1.03 bits per heavy atom. The molecule has 5 rings (SSSR count). The van der Waals surface area contributed by atoms with Crippen molar-refractivity contribution in [2.24, 2.45) is 0 Å². The highest BCUT2D eigenvalue weighted by Gasteiger charge is 2.18. The number of aryl methyl sites for hydroxylation is 4. The van der Waals surface area contributed by atoms with Gasteiger partial charge in [0.2, 0.25) is 0 Å². The van der Waals surface area contributed by atoms with Crippen molar-refractivity contribution in [2.45, 2.75) is 47.7 Å². The smallest absolute Gasteiger partial charge is 0.0705 e. The molecule has 1 saturated heterocycles. The molecule has 1 aliphatic rings. The van der Waals surface area contributed by atoms with E-state index in [0.717, 1.165) is 50.7 Å². The van der Waals surface area contributed by atoms with Crippen LogP contribution in [0.1, 0.15) is 38.9 Å². The van der Waals surface area contributed by atoms with E-state index in [0.29, 0.717) is 0 Å². The molecule has 1 fully saturated rings. The fourth-order valence-corrected chi connectivity index (χ4v) is 5.17. The number of aromatic nitrogens is 2. The minimum atomic E-state index is 0.972. The molecule has 0 unspecified atom stereocenters. The zero-order valence-electron chi connectivity index (χ0n) is 22.9. The normalized spacial score (nSPS) is 14.7. The molecule has 1 aliphatic heterocycles. The van der Waals surface area contributed by atoms with Crippen molar-refractivity contribution in [1.82, 2.24) is 19.8 Å². The van der Waals surface area contributed by atoms with Crippen molar-refractivity contribution in [1.29, 1.82) is 0 Å². The molecule has 190 valence electrons. The van der Waals surface area contributed by atoms with E-state index in [1.54, 1.807) is 0 Å². The van der Waals surface area contributed by atoms with Crippen LogP contribution in [0, 0.1) is 34.6 Å². The van der Waals surface area contributed by atoms with Gasteiger partial charge in [0.1, 0.15) is 0 Å². The van der Waals surface area contributed by atoms with Crippen molar-refractivity contribution < 1.29 is 0 Å². The fourth-order valence-electron chi connectivity index (χ4n) is 5.17. The van der Waals surface area contributed by atoms with Gasteiger partial charge in [-0.3, -0.25) is 19.8 Å². The molecule has 0 N–H and O–H groups in total. The number of nitrogens with zero attached hydrogens (tertiary/aromatic N) is 4. The van der Waals surface area contributed by atoms with Crippen molar-refractivity contribution in [3.05, 3.63) is 106 Å². The monoisotopic (exact) mass is 490 g/mol. The Labute approximate surface area is 222 Å². The van der Waals surface area contributed by atoms with Gasteiger partial charge in [-0.1, -0.05) is 12.1 Å². The molecule has 4 nitrogen and oxygen atoms in total. The zero-order chi connectivity index (χ0) is 25.9. The Morgan fingerprint density at radius 1 is 0.541 bits per heavy atom. The lowest BCUT2D eigenvalue weighted by molar-refractivity contribution is 0.122. The second-order valence-corrected chi connectivity index (χ2v) is 10.7. The maximum atomic E-state index is 4.68. The van der Waals surface area contributed by atoms with Gasteiger partial charge in [-0.05, 0) is 116 Å². The van der Waals surface area contributed by atoms with E-state index in [1.165, 1.54) is 50.1 Å². The van der Waals surface area contributed by atoms with Crippen molar-refractivity contribution in [3.63, 3.8) is 0 Å². The van der Waals surface area contributed by atoms with Gasteiger partial charge in [-0.25, -0.2) is 0 Å². The predicted octanol–water partition coefficient (Wildman–Crippen LogP) is 6.67. The minimum Gasteiger partial charge on any atom is -0.297 e. The highest BCUT2D eigenvalue weighted by atomic mass is 15.3. The maximum absolute atomic E-state index is 4.68. The predicted molar refractivity (Wildman–Crippen MR) is 154 cm³/mol. The van der Waals surface area contributed by atoms with E-state index < -0.39 is 0 Å². The molecule has 0 amide bonds. The number of rotatable bonds is 6. The summed E-state index contributed by atoms with van der Waals surface area (Å²) in [4.78, 5) is 14.4. The maximum Gasteiger partial charge on any atom is 0.0705 e. The first-order chi connectivity index (χ1) is 17.9. The minimum absolute atomic E-state index is 0.972. The molecule has 0 radical (unpaired) electrons. The average Bonchev–Trinajstić information content (AvgIpc) is 2.90. The van der Waals surface area contributed by atoms with Crippen molar-refractivity contribution in [3.8, 4) is 22.5 Å². The number of piperazine rings is 1. The Kier molecular flexibility index (Phi) is 7.50. The third kappa shape index (κ3) is 5.98. The van der Waals surface area contributed by atoms with E-state index in [-0.39, 0.29) is 0 Å². The van der Waals surface area contributed by atoms with E-state index in [2.05, 4.69) is 109 Å². The van der Waals surface area contributed by atoms with Gasteiger partial charge in [0.05, 0.1) is 11.4 Å². The quantitative estimate of drug-likeness (QED) is 0.302. The molecule has 0 atom stereocenters. The van der Waals surface area contributed by atoms with Crippen molar-refractivity contribution in [2.75, 3.05) is 26.2 Å². The summed E-state index contributed by atoms with van der Waals surface area (Å²) in [5.41, 5.74) is 13.9. The highest BCUT2D eigenvalue weighted by molar-refractivity contribution is 5.63. The third-order valence-electron chi connectivity index (χ3n) is 7.95. The third-order valence-corrected chi connectivity index (χ3v) is 7.95. The molecule has 4 heteroatoms. The lowest BCUT2D eigenvalue weighted by Crippen LogP contribution is -2.45. The molecular formula is C33H38N4. The van der Waals surface area contributed by atoms with Crippen LogP contribution in [0.2, 0.25) is 0 Å². The Hall–Kier alpha value is -3.34. The summed E-state index contributed by atoms with van der Waals surface area (Å²) in [6.45, 7) is 17.1. The Morgan fingerprint density at radius 3 is 1.54 bits per heavy atom. The van der Waals surface area contributed by atoms with E-state index in [9.17, 15) is 0 Å². The molecule has 0 saturated carbocycles. The van der Waals surface area contributed by atoms with Crippen LogP contribution in [0.3, 0.4) is 0 Å². The molecule has 2 aromatic carbocycles. The topological polar surface area (TPSA) is 32.3 Å². The summed E-state index contributed by atoms with van der Waals surface area (Å²) in [6, 6.07) is 20.0. The molecule has 37 heavy (non-hydrogen) atoms. The summed E-state index contributed by atoms with van der Waals surface area (Å²) >= 11 is 0. The summed E-state index contributed by atoms with van der Waals surface area (Å²) in [5, 5.41) is 0. The van der Waals surface area contributed by atoms with Crippen LogP contribution in [0.4, 0.5) is 0 Å². The molecule has 0 spiro atoms. The number of hydrogen-bond donors (Lipinski definition) is 0. The Bertz CT molecular complexity index is 1380. The first kappa shape index (κ1) is 25.3. The lowest BCUT2D eigenvalue weighted by atomic mass is 9.98. The summed E-state index contributed by atoms with van der Waals surface area (Å²) < 4.78 is 0. The van der Waals surface area contributed by atoms with Crippen molar-refractivity contribution >= 4 is 0 Å². The van der Waals surface area contributed by atoms with Gasteiger partial charge in [0.25, 0.3) is 0 Å². The lowest BCUT2D eigenvalue weighted by Gasteiger charge is -2.34. The Balaban J connectivity index is 1.19. The molecule has 0 bridgehead atoms. The highest BCUT2D eigenvalue weighted by Crippen LogP contribution is 2.25.